The molecule has 1 aromatic heterocycles. The molecule has 0 radical (unpaired) electrons. The van der Waals surface area contributed by atoms with Gasteiger partial charge in [-0.3, -0.25) is 0 Å². The van der Waals surface area contributed by atoms with Crippen molar-refractivity contribution in [2.75, 3.05) is 0 Å². The molecule has 0 atom stereocenters. The van der Waals surface area contributed by atoms with Crippen LogP contribution in [0.15, 0.2) is 33.6 Å². The SMILES string of the molecule is CC(C)(C)c1[nH]c(CSc2ccccc2Cl)nc(=S)c1Br. The number of rotatable bonds is 3. The summed E-state index contributed by atoms with van der Waals surface area (Å²) >= 11 is 16.7. The molecule has 6 heteroatoms. The molecule has 1 N–H and O–H groups in total. The number of hydrogen-bond acceptors (Lipinski definition) is 3. The lowest BCUT2D eigenvalue weighted by Crippen LogP contribution is -2.16. The molecule has 1 aromatic carbocycles. The van der Waals surface area contributed by atoms with E-state index in [1.807, 2.05) is 24.3 Å². The van der Waals surface area contributed by atoms with Gasteiger partial charge in [0.1, 0.15) is 10.5 Å². The fourth-order valence-corrected chi connectivity index (χ4v) is 3.90. The number of thioether (sulfide) groups is 1. The van der Waals surface area contributed by atoms with Crippen LogP contribution in [-0.4, -0.2) is 9.97 Å². The predicted molar refractivity (Wildman–Crippen MR) is 96.8 cm³/mol. The second-order valence-electron chi connectivity index (χ2n) is 5.65. The third kappa shape index (κ3) is 4.31. The van der Waals surface area contributed by atoms with Gasteiger partial charge in [0.25, 0.3) is 0 Å². The van der Waals surface area contributed by atoms with Gasteiger partial charge >= 0.3 is 0 Å². The van der Waals surface area contributed by atoms with Crippen LogP contribution < -0.4 is 0 Å². The Kier molecular flexibility index (Phi) is 5.52. The van der Waals surface area contributed by atoms with Crippen LogP contribution in [0.4, 0.5) is 0 Å². The van der Waals surface area contributed by atoms with Crippen molar-refractivity contribution in [3.8, 4) is 0 Å². The van der Waals surface area contributed by atoms with Gasteiger partial charge in [-0.05, 0) is 28.1 Å². The summed E-state index contributed by atoms with van der Waals surface area (Å²) in [6, 6.07) is 7.80. The summed E-state index contributed by atoms with van der Waals surface area (Å²) in [4.78, 5) is 8.88. The lowest BCUT2D eigenvalue weighted by atomic mass is 9.92. The zero-order valence-corrected chi connectivity index (χ0v) is 16.0. The third-order valence-electron chi connectivity index (χ3n) is 2.86. The Labute approximate surface area is 147 Å². The minimum absolute atomic E-state index is 0.0286. The first-order chi connectivity index (χ1) is 9.79. The fourth-order valence-electron chi connectivity index (χ4n) is 1.80. The molecule has 21 heavy (non-hydrogen) atoms. The molecule has 0 fully saturated rings. The summed E-state index contributed by atoms with van der Waals surface area (Å²) < 4.78 is 1.46. The van der Waals surface area contributed by atoms with Crippen LogP contribution >= 0.6 is 51.5 Å². The quantitative estimate of drug-likeness (QED) is 0.492. The summed E-state index contributed by atoms with van der Waals surface area (Å²) in [5.74, 6) is 1.56. The minimum atomic E-state index is -0.0286. The number of nitrogens with one attached hydrogen (secondary N) is 1. The molecular formula is C15H16BrClN2S2. The molecule has 2 rings (SSSR count). The maximum absolute atomic E-state index is 6.17. The average molecular weight is 404 g/mol. The monoisotopic (exact) mass is 402 g/mol. The van der Waals surface area contributed by atoms with Crippen molar-refractivity contribution in [1.82, 2.24) is 9.97 Å². The Morgan fingerprint density at radius 1 is 1.33 bits per heavy atom. The molecule has 0 saturated heterocycles. The highest BCUT2D eigenvalue weighted by Gasteiger charge is 2.20. The van der Waals surface area contributed by atoms with Gasteiger partial charge < -0.3 is 4.98 Å². The van der Waals surface area contributed by atoms with Crippen LogP contribution in [0.5, 0.6) is 0 Å². The zero-order valence-electron chi connectivity index (χ0n) is 12.0. The Hall–Kier alpha value is -0.360. The highest BCUT2D eigenvalue weighted by atomic mass is 79.9. The number of nitrogens with zero attached hydrogens (tertiary/aromatic N) is 1. The number of halogens is 2. The number of aromatic amines is 1. The standard InChI is InChI=1S/C15H16BrClN2S2/c1-15(2,3)13-12(16)14(20)19-11(18-13)8-21-10-7-5-4-6-9(10)17/h4-7H,8H2,1-3H3,(H,18,19,20). The molecule has 0 aliphatic carbocycles. The van der Waals surface area contributed by atoms with Gasteiger partial charge in [-0.25, -0.2) is 4.98 Å². The first-order valence-electron chi connectivity index (χ1n) is 6.45. The highest BCUT2D eigenvalue weighted by Crippen LogP contribution is 2.31. The highest BCUT2D eigenvalue weighted by molar-refractivity contribution is 9.10. The zero-order chi connectivity index (χ0) is 15.6. The Balaban J connectivity index is 2.28. The van der Waals surface area contributed by atoms with E-state index in [1.165, 1.54) is 0 Å². The first-order valence-corrected chi connectivity index (χ1v) is 9.02. The Bertz CT molecular complexity index is 708. The molecule has 0 aliphatic rings. The van der Waals surface area contributed by atoms with Crippen LogP contribution in [0.3, 0.4) is 0 Å². The largest absolute Gasteiger partial charge is 0.345 e. The van der Waals surface area contributed by atoms with Crippen molar-refractivity contribution in [3.05, 3.63) is 49.9 Å². The number of benzene rings is 1. The average Bonchev–Trinajstić information content (AvgIpc) is 2.40. The van der Waals surface area contributed by atoms with E-state index >= 15 is 0 Å². The van der Waals surface area contributed by atoms with Crippen LogP contribution in [0.25, 0.3) is 0 Å². The Morgan fingerprint density at radius 3 is 2.62 bits per heavy atom. The summed E-state index contributed by atoms with van der Waals surface area (Å²) in [6.07, 6.45) is 0. The van der Waals surface area contributed by atoms with E-state index in [1.54, 1.807) is 11.8 Å². The van der Waals surface area contributed by atoms with Crippen LogP contribution in [0, 0.1) is 4.64 Å². The molecule has 0 spiro atoms. The molecule has 1 heterocycles. The van der Waals surface area contributed by atoms with Crippen molar-refractivity contribution in [2.45, 2.75) is 36.8 Å². The van der Waals surface area contributed by atoms with Crippen LogP contribution in [0.2, 0.25) is 5.02 Å². The number of hydrogen-bond donors (Lipinski definition) is 1. The maximum Gasteiger partial charge on any atom is 0.144 e. The molecule has 0 unspecified atom stereocenters. The maximum atomic E-state index is 6.17. The van der Waals surface area contributed by atoms with Crippen molar-refractivity contribution in [1.29, 1.82) is 0 Å². The number of H-pyrrole nitrogens is 1. The van der Waals surface area contributed by atoms with Gasteiger partial charge in [0.05, 0.1) is 15.2 Å². The lowest BCUT2D eigenvalue weighted by Gasteiger charge is -2.21. The topological polar surface area (TPSA) is 28.7 Å². The molecule has 0 amide bonds. The molecule has 112 valence electrons. The molecule has 2 aromatic rings. The van der Waals surface area contributed by atoms with E-state index < -0.39 is 0 Å². The van der Waals surface area contributed by atoms with Crippen molar-refractivity contribution < 1.29 is 0 Å². The third-order valence-corrected chi connectivity index (χ3v) is 5.72. The van der Waals surface area contributed by atoms with E-state index in [2.05, 4.69) is 46.7 Å². The molecule has 0 bridgehead atoms. The van der Waals surface area contributed by atoms with E-state index in [9.17, 15) is 0 Å². The van der Waals surface area contributed by atoms with Crippen LogP contribution in [0.1, 0.15) is 32.3 Å². The Morgan fingerprint density at radius 2 is 2.00 bits per heavy atom. The molecule has 0 aliphatic heterocycles. The molecule has 0 saturated carbocycles. The van der Waals surface area contributed by atoms with E-state index in [0.717, 1.165) is 25.9 Å². The van der Waals surface area contributed by atoms with E-state index in [4.69, 9.17) is 23.8 Å². The van der Waals surface area contributed by atoms with Gasteiger partial charge in [-0.2, -0.15) is 0 Å². The molecular weight excluding hydrogens is 388 g/mol. The van der Waals surface area contributed by atoms with Crippen molar-refractivity contribution in [3.63, 3.8) is 0 Å². The fraction of sp³-hybridized carbons (Fsp3) is 0.333. The molecule has 2 nitrogen and oxygen atoms in total. The second-order valence-corrected chi connectivity index (χ2v) is 8.25. The number of aromatic nitrogens is 2. The van der Waals surface area contributed by atoms with Crippen molar-refractivity contribution >= 4 is 51.5 Å². The summed E-state index contributed by atoms with van der Waals surface area (Å²) in [5, 5.41) is 0.759. The first kappa shape index (κ1) is 17.0. The smallest absolute Gasteiger partial charge is 0.144 e. The van der Waals surface area contributed by atoms with Gasteiger partial charge in [-0.15, -0.1) is 11.8 Å². The second kappa shape index (κ2) is 6.82. The summed E-state index contributed by atoms with van der Waals surface area (Å²) in [7, 11) is 0. The van der Waals surface area contributed by atoms with Gasteiger partial charge in [0.2, 0.25) is 0 Å². The van der Waals surface area contributed by atoms with Gasteiger partial charge in [-0.1, -0.05) is 56.7 Å². The summed E-state index contributed by atoms with van der Waals surface area (Å²) in [5.41, 5.74) is 1.04. The van der Waals surface area contributed by atoms with Crippen molar-refractivity contribution in [2.24, 2.45) is 0 Å². The normalized spacial score (nSPS) is 11.7. The van der Waals surface area contributed by atoms with E-state index in [0.29, 0.717) is 10.4 Å². The predicted octanol–water partition coefficient (Wildman–Crippen LogP) is 6.14. The van der Waals surface area contributed by atoms with E-state index in [-0.39, 0.29) is 5.41 Å². The van der Waals surface area contributed by atoms with Gasteiger partial charge in [0, 0.05) is 16.0 Å². The van der Waals surface area contributed by atoms with Crippen LogP contribution in [-0.2, 0) is 11.2 Å². The lowest BCUT2D eigenvalue weighted by molar-refractivity contribution is 0.559. The van der Waals surface area contributed by atoms with Gasteiger partial charge in [0.15, 0.2) is 0 Å². The minimum Gasteiger partial charge on any atom is -0.345 e. The summed E-state index contributed by atoms with van der Waals surface area (Å²) in [6.45, 7) is 6.43.